The van der Waals surface area contributed by atoms with Crippen molar-refractivity contribution in [3.8, 4) is 0 Å². The summed E-state index contributed by atoms with van der Waals surface area (Å²) in [6.07, 6.45) is 3.14. The molecule has 0 bridgehead atoms. The molecule has 0 fully saturated rings. The van der Waals surface area contributed by atoms with Gasteiger partial charge >= 0.3 is 0 Å². The smallest absolute Gasteiger partial charge is 0.122 e. The number of aliphatic hydroxyl groups excluding tert-OH is 1. The van der Waals surface area contributed by atoms with Crippen LogP contribution in [0, 0.1) is 0 Å². The van der Waals surface area contributed by atoms with E-state index < -0.39 is 6.10 Å². The van der Waals surface area contributed by atoms with Gasteiger partial charge in [-0.2, -0.15) is 0 Å². The number of hydrogen-bond acceptors (Lipinski definition) is 4. The molecule has 0 radical (unpaired) electrons. The second-order valence-electron chi connectivity index (χ2n) is 4.84. The van der Waals surface area contributed by atoms with Gasteiger partial charge in [0.1, 0.15) is 5.82 Å². The molecule has 0 aliphatic heterocycles. The summed E-state index contributed by atoms with van der Waals surface area (Å²) in [6.45, 7) is 1.24. The fraction of sp³-hybridized carbons (Fsp3) is 0.357. The van der Waals surface area contributed by atoms with Crippen LogP contribution < -0.4 is 5.73 Å². The monoisotopic (exact) mass is 260 g/mol. The molecule has 1 heterocycles. The molecule has 1 atom stereocenters. The van der Waals surface area contributed by atoms with Gasteiger partial charge in [-0.1, -0.05) is 12.1 Å². The average molecular weight is 260 g/mol. The van der Waals surface area contributed by atoms with Crippen molar-refractivity contribution in [2.75, 3.05) is 19.3 Å². The van der Waals surface area contributed by atoms with E-state index in [0.29, 0.717) is 18.8 Å². The zero-order valence-electron chi connectivity index (χ0n) is 11.3. The van der Waals surface area contributed by atoms with Gasteiger partial charge < -0.3 is 15.4 Å². The molecule has 5 nitrogen and oxygen atoms in total. The van der Waals surface area contributed by atoms with Crippen molar-refractivity contribution in [2.24, 2.45) is 7.05 Å². The van der Waals surface area contributed by atoms with Crippen molar-refractivity contribution in [2.45, 2.75) is 12.6 Å². The highest BCUT2D eigenvalue weighted by Gasteiger charge is 2.12. The van der Waals surface area contributed by atoms with Crippen LogP contribution in [0.2, 0.25) is 0 Å². The zero-order valence-corrected chi connectivity index (χ0v) is 11.3. The summed E-state index contributed by atoms with van der Waals surface area (Å²) in [5, 5.41) is 10.2. The summed E-state index contributed by atoms with van der Waals surface area (Å²) >= 11 is 0. The second kappa shape index (κ2) is 5.86. The fourth-order valence-electron chi connectivity index (χ4n) is 2.02. The average Bonchev–Trinajstić information content (AvgIpc) is 2.75. The maximum absolute atomic E-state index is 10.2. The topological polar surface area (TPSA) is 67.3 Å². The molecule has 0 saturated carbocycles. The number of nitrogen functional groups attached to an aromatic ring is 1. The molecule has 5 heteroatoms. The lowest BCUT2D eigenvalue weighted by Gasteiger charge is -2.20. The lowest BCUT2D eigenvalue weighted by atomic mass is 10.1. The number of aryl methyl sites for hydroxylation is 1. The number of nitrogens with two attached hydrogens (primary N) is 1. The van der Waals surface area contributed by atoms with Gasteiger partial charge in [-0.15, -0.1) is 0 Å². The first-order valence-corrected chi connectivity index (χ1v) is 6.24. The third kappa shape index (κ3) is 3.56. The van der Waals surface area contributed by atoms with Gasteiger partial charge in [0.05, 0.1) is 12.6 Å². The van der Waals surface area contributed by atoms with Crippen molar-refractivity contribution >= 4 is 5.69 Å². The normalized spacial score (nSPS) is 12.8. The SMILES string of the molecule is CN(Cc1nccn1C)CC(O)c1cccc(N)c1. The van der Waals surface area contributed by atoms with E-state index in [1.165, 1.54) is 0 Å². The highest BCUT2D eigenvalue weighted by Crippen LogP contribution is 2.17. The van der Waals surface area contributed by atoms with Crippen molar-refractivity contribution in [3.05, 3.63) is 48.0 Å². The predicted octanol–water partition coefficient (Wildman–Crippen LogP) is 1.17. The molecular formula is C14H20N4O. The molecule has 3 N–H and O–H groups in total. The van der Waals surface area contributed by atoms with Crippen LogP contribution in [0.15, 0.2) is 36.7 Å². The Morgan fingerprint density at radius 1 is 1.47 bits per heavy atom. The Balaban J connectivity index is 1.95. The second-order valence-corrected chi connectivity index (χ2v) is 4.84. The first-order chi connectivity index (χ1) is 9.06. The third-order valence-corrected chi connectivity index (χ3v) is 3.11. The summed E-state index contributed by atoms with van der Waals surface area (Å²) < 4.78 is 1.98. The van der Waals surface area contributed by atoms with Crippen LogP contribution in [0.3, 0.4) is 0 Å². The van der Waals surface area contributed by atoms with Crippen LogP contribution in [0.25, 0.3) is 0 Å². The number of likely N-dealkylation sites (N-methyl/N-ethyl adjacent to an activating group) is 1. The Hall–Kier alpha value is -1.85. The lowest BCUT2D eigenvalue weighted by molar-refractivity contribution is 0.122. The molecule has 0 amide bonds. The standard InChI is InChI=1S/C14H20N4O/c1-17(10-14-16-6-7-18(14)2)9-13(19)11-4-3-5-12(15)8-11/h3-8,13,19H,9-10,15H2,1-2H3. The summed E-state index contributed by atoms with van der Waals surface area (Å²) in [6, 6.07) is 7.36. The number of nitrogens with zero attached hydrogens (tertiary/aromatic N) is 3. The summed E-state index contributed by atoms with van der Waals surface area (Å²) in [4.78, 5) is 6.31. The Morgan fingerprint density at radius 3 is 2.89 bits per heavy atom. The number of imidazole rings is 1. The summed E-state index contributed by atoms with van der Waals surface area (Å²) in [5.74, 6) is 0.974. The summed E-state index contributed by atoms with van der Waals surface area (Å²) in [5.41, 5.74) is 7.23. The lowest BCUT2D eigenvalue weighted by Crippen LogP contribution is -2.25. The van der Waals surface area contributed by atoms with Gasteiger partial charge in [-0.3, -0.25) is 4.90 Å². The van der Waals surface area contributed by atoms with Gasteiger partial charge in [0.15, 0.2) is 0 Å². The molecule has 2 aromatic rings. The highest BCUT2D eigenvalue weighted by atomic mass is 16.3. The van der Waals surface area contributed by atoms with Gasteiger partial charge in [-0.05, 0) is 24.7 Å². The fourth-order valence-corrected chi connectivity index (χ4v) is 2.02. The Labute approximate surface area is 113 Å². The van der Waals surface area contributed by atoms with E-state index in [4.69, 9.17) is 5.73 Å². The number of anilines is 1. The van der Waals surface area contributed by atoms with E-state index >= 15 is 0 Å². The van der Waals surface area contributed by atoms with Crippen molar-refractivity contribution in [1.82, 2.24) is 14.5 Å². The molecule has 0 spiro atoms. The maximum Gasteiger partial charge on any atom is 0.122 e. The number of hydrogen-bond donors (Lipinski definition) is 2. The molecule has 2 rings (SSSR count). The molecule has 1 unspecified atom stereocenters. The van der Waals surface area contributed by atoms with Gasteiger partial charge in [0, 0.05) is 31.7 Å². The first-order valence-electron chi connectivity index (χ1n) is 6.24. The van der Waals surface area contributed by atoms with Crippen LogP contribution in [-0.2, 0) is 13.6 Å². The van der Waals surface area contributed by atoms with Crippen LogP contribution in [0.1, 0.15) is 17.5 Å². The number of benzene rings is 1. The van der Waals surface area contributed by atoms with E-state index in [0.717, 1.165) is 11.4 Å². The molecule has 1 aromatic carbocycles. The summed E-state index contributed by atoms with van der Waals surface area (Å²) in [7, 11) is 3.93. The first kappa shape index (κ1) is 13.6. The molecule has 0 aliphatic rings. The van der Waals surface area contributed by atoms with Gasteiger partial charge in [0.25, 0.3) is 0 Å². The Bertz CT molecular complexity index is 538. The number of aromatic nitrogens is 2. The number of rotatable bonds is 5. The minimum atomic E-state index is -0.547. The zero-order chi connectivity index (χ0) is 13.8. The van der Waals surface area contributed by atoms with E-state index in [1.54, 1.807) is 12.3 Å². The Morgan fingerprint density at radius 2 is 2.26 bits per heavy atom. The molecule has 0 saturated heterocycles. The largest absolute Gasteiger partial charge is 0.399 e. The third-order valence-electron chi connectivity index (χ3n) is 3.11. The van der Waals surface area contributed by atoms with E-state index in [2.05, 4.69) is 4.98 Å². The number of aliphatic hydroxyl groups is 1. The van der Waals surface area contributed by atoms with Crippen molar-refractivity contribution in [3.63, 3.8) is 0 Å². The minimum absolute atomic E-state index is 0.538. The Kier molecular flexibility index (Phi) is 4.19. The molecule has 0 aliphatic carbocycles. The van der Waals surface area contributed by atoms with Crippen LogP contribution in [0.5, 0.6) is 0 Å². The molecular weight excluding hydrogens is 240 g/mol. The maximum atomic E-state index is 10.2. The van der Waals surface area contributed by atoms with Gasteiger partial charge in [-0.25, -0.2) is 4.98 Å². The molecule has 19 heavy (non-hydrogen) atoms. The van der Waals surface area contributed by atoms with E-state index in [1.807, 2.05) is 48.0 Å². The van der Waals surface area contributed by atoms with Crippen LogP contribution in [-0.4, -0.2) is 33.1 Å². The van der Waals surface area contributed by atoms with Crippen molar-refractivity contribution < 1.29 is 5.11 Å². The van der Waals surface area contributed by atoms with E-state index in [-0.39, 0.29) is 0 Å². The van der Waals surface area contributed by atoms with Crippen molar-refractivity contribution in [1.29, 1.82) is 0 Å². The molecule has 102 valence electrons. The predicted molar refractivity (Wildman–Crippen MR) is 75.4 cm³/mol. The quantitative estimate of drug-likeness (QED) is 0.792. The minimum Gasteiger partial charge on any atom is -0.399 e. The van der Waals surface area contributed by atoms with Crippen LogP contribution in [0.4, 0.5) is 5.69 Å². The highest BCUT2D eigenvalue weighted by molar-refractivity contribution is 5.41. The van der Waals surface area contributed by atoms with E-state index in [9.17, 15) is 5.11 Å². The van der Waals surface area contributed by atoms with Gasteiger partial charge in [0.2, 0.25) is 0 Å². The van der Waals surface area contributed by atoms with Crippen LogP contribution >= 0.6 is 0 Å². The molecule has 1 aromatic heterocycles.